The molecule has 0 saturated heterocycles. The molecule has 0 aromatic heterocycles. The second kappa shape index (κ2) is 10.7. The maximum atomic E-state index is 12.3. The van der Waals surface area contributed by atoms with E-state index in [2.05, 4.69) is 10.1 Å². The van der Waals surface area contributed by atoms with Crippen LogP contribution in [0.5, 0.6) is 5.75 Å². The number of nitrogens with zero attached hydrogens (tertiary/aromatic N) is 1. The third-order valence-electron chi connectivity index (χ3n) is 4.26. The molecule has 6 nitrogen and oxygen atoms in total. The molecule has 0 fully saturated rings. The summed E-state index contributed by atoms with van der Waals surface area (Å²) in [6.45, 7) is 3.94. The Morgan fingerprint density at radius 1 is 1.14 bits per heavy atom. The molecule has 2 rings (SSSR count). The molecule has 6 heteroatoms. The zero-order valence-corrected chi connectivity index (χ0v) is 16.8. The molecular weight excluding hydrogens is 368 g/mol. The van der Waals surface area contributed by atoms with Crippen LogP contribution in [0.25, 0.3) is 6.08 Å². The molecule has 150 valence electrons. The monoisotopic (exact) mass is 392 g/mol. The first kappa shape index (κ1) is 21.7. The number of hydrogen-bond acceptors (Lipinski definition) is 5. The number of methoxy groups -OCH3 is 1. The first-order chi connectivity index (χ1) is 13.9. The predicted molar refractivity (Wildman–Crippen MR) is 110 cm³/mol. The van der Waals surface area contributed by atoms with Crippen LogP contribution in [0.2, 0.25) is 0 Å². The maximum absolute atomic E-state index is 12.3. The molecule has 2 aromatic rings. The number of ether oxygens (including phenoxy) is 2. The van der Waals surface area contributed by atoms with E-state index in [4.69, 9.17) is 4.74 Å². The quantitative estimate of drug-likeness (QED) is 0.424. The van der Waals surface area contributed by atoms with Crippen LogP contribution in [0, 0.1) is 25.2 Å². The molecule has 0 spiro atoms. The molecular formula is C23H24N2O4. The molecule has 0 aliphatic heterocycles. The zero-order valence-electron chi connectivity index (χ0n) is 16.8. The minimum absolute atomic E-state index is 0.0279. The second-order valence-corrected chi connectivity index (χ2v) is 6.51. The van der Waals surface area contributed by atoms with Gasteiger partial charge in [-0.3, -0.25) is 4.79 Å². The maximum Gasteiger partial charge on any atom is 0.343 e. The van der Waals surface area contributed by atoms with E-state index < -0.39 is 11.9 Å². The summed E-state index contributed by atoms with van der Waals surface area (Å²) in [6.07, 6.45) is 2.23. The van der Waals surface area contributed by atoms with E-state index in [0.717, 1.165) is 16.7 Å². The van der Waals surface area contributed by atoms with Gasteiger partial charge in [-0.05, 0) is 60.7 Å². The van der Waals surface area contributed by atoms with Gasteiger partial charge in [-0.2, -0.15) is 5.26 Å². The number of carbonyl (C=O) groups excluding carboxylic acids is 2. The van der Waals surface area contributed by atoms with Crippen molar-refractivity contribution in [3.05, 3.63) is 70.3 Å². The summed E-state index contributed by atoms with van der Waals surface area (Å²) >= 11 is 0. The number of benzene rings is 2. The van der Waals surface area contributed by atoms with Gasteiger partial charge in [-0.15, -0.1) is 0 Å². The number of nitriles is 1. The summed E-state index contributed by atoms with van der Waals surface area (Å²) < 4.78 is 10.1. The van der Waals surface area contributed by atoms with Crippen LogP contribution in [0.3, 0.4) is 0 Å². The first-order valence-electron chi connectivity index (χ1n) is 9.19. The second-order valence-electron chi connectivity index (χ2n) is 6.51. The lowest BCUT2D eigenvalue weighted by Crippen LogP contribution is -2.26. The normalized spacial score (nSPS) is 10.8. The minimum atomic E-state index is -0.466. The number of hydrogen-bond donors (Lipinski definition) is 1. The fourth-order valence-electron chi connectivity index (χ4n) is 2.86. The third-order valence-corrected chi connectivity index (χ3v) is 4.26. The van der Waals surface area contributed by atoms with Gasteiger partial charge < -0.3 is 14.8 Å². The molecule has 0 atom stereocenters. The van der Waals surface area contributed by atoms with Crippen molar-refractivity contribution in [2.45, 2.75) is 20.3 Å². The Balaban J connectivity index is 2.06. The van der Waals surface area contributed by atoms with Gasteiger partial charge in [-0.25, -0.2) is 4.79 Å². The Bertz CT molecular complexity index is 920. The number of aryl methyl sites for hydroxylation is 2. The highest BCUT2D eigenvalue weighted by atomic mass is 16.6. The Kier molecular flexibility index (Phi) is 7.99. The van der Waals surface area contributed by atoms with Crippen LogP contribution in [-0.4, -0.2) is 32.1 Å². The van der Waals surface area contributed by atoms with Crippen molar-refractivity contribution in [3.8, 4) is 11.8 Å². The van der Waals surface area contributed by atoms with Crippen molar-refractivity contribution in [1.82, 2.24) is 5.32 Å². The molecule has 29 heavy (non-hydrogen) atoms. The van der Waals surface area contributed by atoms with Gasteiger partial charge in [0.1, 0.15) is 17.4 Å². The lowest BCUT2D eigenvalue weighted by atomic mass is 10.0. The average molecular weight is 392 g/mol. The van der Waals surface area contributed by atoms with E-state index in [1.807, 2.05) is 50.2 Å². The molecule has 0 bridgehead atoms. The van der Waals surface area contributed by atoms with Gasteiger partial charge >= 0.3 is 5.97 Å². The standard InChI is InChI=1S/C23H24N2O4/c1-16-11-19(12-17(2)22(16)29-15-21(26)28-3)13-20(14-24)23(27)25-10-9-18-7-5-4-6-8-18/h4-8,11-13H,9-10,15H2,1-3H3,(H,25,27). The highest BCUT2D eigenvalue weighted by molar-refractivity contribution is 6.01. The fourth-order valence-corrected chi connectivity index (χ4v) is 2.86. The highest BCUT2D eigenvalue weighted by Gasteiger charge is 2.12. The lowest BCUT2D eigenvalue weighted by molar-refractivity contribution is -0.142. The van der Waals surface area contributed by atoms with Crippen LogP contribution < -0.4 is 10.1 Å². The SMILES string of the molecule is COC(=O)COc1c(C)cc(C=C(C#N)C(=O)NCCc2ccccc2)cc1C. The van der Waals surface area contributed by atoms with Crippen LogP contribution in [0.4, 0.5) is 0 Å². The van der Waals surface area contributed by atoms with Crippen molar-refractivity contribution >= 4 is 18.0 Å². The summed E-state index contributed by atoms with van der Waals surface area (Å²) in [6, 6.07) is 15.4. The predicted octanol–water partition coefficient (Wildman–Crippen LogP) is 3.12. The molecule has 1 N–H and O–H groups in total. The molecule has 0 radical (unpaired) electrons. The summed E-state index contributed by atoms with van der Waals surface area (Å²) in [5.41, 5.74) is 3.44. The number of rotatable bonds is 8. The highest BCUT2D eigenvalue weighted by Crippen LogP contribution is 2.26. The van der Waals surface area contributed by atoms with Gasteiger partial charge in [0.25, 0.3) is 5.91 Å². The summed E-state index contributed by atoms with van der Waals surface area (Å²) in [5.74, 6) is -0.296. The average Bonchev–Trinajstić information content (AvgIpc) is 2.71. The molecule has 0 unspecified atom stereocenters. The van der Waals surface area contributed by atoms with Crippen molar-refractivity contribution in [1.29, 1.82) is 5.26 Å². The minimum Gasteiger partial charge on any atom is -0.481 e. The van der Waals surface area contributed by atoms with Crippen molar-refractivity contribution in [3.63, 3.8) is 0 Å². The smallest absolute Gasteiger partial charge is 0.343 e. The molecule has 1 amide bonds. The van der Waals surface area contributed by atoms with Crippen LogP contribution in [0.1, 0.15) is 22.3 Å². The molecule has 2 aromatic carbocycles. The molecule has 0 heterocycles. The Labute approximate surface area is 170 Å². The van der Waals surface area contributed by atoms with E-state index >= 15 is 0 Å². The number of carbonyl (C=O) groups is 2. The van der Waals surface area contributed by atoms with Crippen LogP contribution >= 0.6 is 0 Å². The number of esters is 1. The lowest BCUT2D eigenvalue weighted by Gasteiger charge is -2.12. The Morgan fingerprint density at radius 2 is 1.79 bits per heavy atom. The van der Waals surface area contributed by atoms with E-state index in [1.165, 1.54) is 7.11 Å². The van der Waals surface area contributed by atoms with Gasteiger partial charge in [0.15, 0.2) is 6.61 Å². The molecule has 0 saturated carbocycles. The summed E-state index contributed by atoms with van der Waals surface area (Å²) in [5, 5.41) is 12.2. The van der Waals surface area contributed by atoms with E-state index in [-0.39, 0.29) is 12.2 Å². The van der Waals surface area contributed by atoms with Crippen molar-refractivity contribution in [2.24, 2.45) is 0 Å². The Morgan fingerprint density at radius 3 is 2.38 bits per heavy atom. The third kappa shape index (κ3) is 6.51. The topological polar surface area (TPSA) is 88.4 Å². The van der Waals surface area contributed by atoms with E-state index in [9.17, 15) is 14.9 Å². The van der Waals surface area contributed by atoms with Gasteiger partial charge in [0.05, 0.1) is 7.11 Å². The summed E-state index contributed by atoms with van der Waals surface area (Å²) in [7, 11) is 1.30. The summed E-state index contributed by atoms with van der Waals surface area (Å²) in [4.78, 5) is 23.6. The Hall–Kier alpha value is -3.59. The van der Waals surface area contributed by atoms with Gasteiger partial charge in [0, 0.05) is 6.54 Å². The fraction of sp³-hybridized carbons (Fsp3) is 0.261. The van der Waals surface area contributed by atoms with Crippen LogP contribution in [-0.2, 0) is 20.7 Å². The van der Waals surface area contributed by atoms with Crippen LogP contribution in [0.15, 0.2) is 48.0 Å². The van der Waals surface area contributed by atoms with Gasteiger partial charge in [0.2, 0.25) is 0 Å². The molecule has 0 aliphatic carbocycles. The number of amides is 1. The largest absolute Gasteiger partial charge is 0.481 e. The van der Waals surface area contributed by atoms with E-state index in [0.29, 0.717) is 24.3 Å². The van der Waals surface area contributed by atoms with Gasteiger partial charge in [-0.1, -0.05) is 30.3 Å². The molecule has 0 aliphatic rings. The van der Waals surface area contributed by atoms with Crippen molar-refractivity contribution < 1.29 is 19.1 Å². The van der Waals surface area contributed by atoms with Crippen molar-refractivity contribution in [2.75, 3.05) is 20.3 Å². The number of nitrogens with one attached hydrogen (secondary N) is 1. The van der Waals surface area contributed by atoms with E-state index in [1.54, 1.807) is 18.2 Å². The first-order valence-corrected chi connectivity index (χ1v) is 9.19. The zero-order chi connectivity index (χ0) is 21.2.